The third-order valence-electron chi connectivity index (χ3n) is 4.32. The maximum atomic E-state index is 12.7. The molecular formula is C16H25N3O. The van der Waals surface area contributed by atoms with Gasteiger partial charge in [0.05, 0.1) is 11.5 Å². The van der Waals surface area contributed by atoms with Crippen molar-refractivity contribution in [1.82, 2.24) is 15.6 Å². The number of pyridine rings is 1. The van der Waals surface area contributed by atoms with E-state index in [0.29, 0.717) is 0 Å². The van der Waals surface area contributed by atoms with Crippen molar-refractivity contribution in [1.29, 1.82) is 0 Å². The molecule has 0 aliphatic carbocycles. The molecule has 1 saturated heterocycles. The molecule has 0 spiro atoms. The highest BCUT2D eigenvalue weighted by Crippen LogP contribution is 2.35. The summed E-state index contributed by atoms with van der Waals surface area (Å²) in [4.78, 5) is 16.8. The minimum Gasteiger partial charge on any atom is -0.349 e. The molecule has 0 aromatic carbocycles. The van der Waals surface area contributed by atoms with E-state index in [2.05, 4.69) is 22.5 Å². The van der Waals surface area contributed by atoms with Crippen molar-refractivity contribution in [2.24, 2.45) is 5.41 Å². The van der Waals surface area contributed by atoms with Crippen LogP contribution < -0.4 is 10.6 Å². The Balaban J connectivity index is 2.05. The molecular weight excluding hydrogens is 250 g/mol. The predicted molar refractivity (Wildman–Crippen MR) is 80.2 cm³/mol. The van der Waals surface area contributed by atoms with Crippen LogP contribution in [0.25, 0.3) is 0 Å². The van der Waals surface area contributed by atoms with E-state index in [1.807, 2.05) is 19.1 Å². The summed E-state index contributed by atoms with van der Waals surface area (Å²) in [5.74, 6) is 0.213. The average molecular weight is 275 g/mol. The molecule has 20 heavy (non-hydrogen) atoms. The number of hydrogen-bond acceptors (Lipinski definition) is 3. The van der Waals surface area contributed by atoms with Crippen LogP contribution in [0.2, 0.25) is 0 Å². The lowest BCUT2D eigenvalue weighted by molar-refractivity contribution is -0.133. The average Bonchev–Trinajstić information content (AvgIpc) is 2.49. The van der Waals surface area contributed by atoms with Gasteiger partial charge in [-0.15, -0.1) is 0 Å². The Hall–Kier alpha value is -1.42. The quantitative estimate of drug-likeness (QED) is 0.867. The molecule has 1 atom stereocenters. The molecule has 4 heteroatoms. The normalized spacial score (nSPS) is 19.3. The predicted octanol–water partition coefficient (Wildman–Crippen LogP) is 2.43. The van der Waals surface area contributed by atoms with Gasteiger partial charge in [-0.1, -0.05) is 13.3 Å². The summed E-state index contributed by atoms with van der Waals surface area (Å²) < 4.78 is 0. The Morgan fingerprint density at radius 3 is 2.65 bits per heavy atom. The van der Waals surface area contributed by atoms with Crippen molar-refractivity contribution in [3.63, 3.8) is 0 Å². The second kappa shape index (κ2) is 6.84. The van der Waals surface area contributed by atoms with E-state index in [9.17, 15) is 4.79 Å². The zero-order valence-electron chi connectivity index (χ0n) is 12.5. The van der Waals surface area contributed by atoms with Crippen LogP contribution in [-0.4, -0.2) is 24.0 Å². The number of carbonyl (C=O) groups excluding carboxylic acids is 1. The lowest BCUT2D eigenvalue weighted by Gasteiger charge is -2.37. The number of nitrogens with zero attached hydrogens (tertiary/aromatic N) is 1. The molecule has 2 N–H and O–H groups in total. The van der Waals surface area contributed by atoms with Crippen molar-refractivity contribution < 1.29 is 4.79 Å². The highest BCUT2D eigenvalue weighted by Gasteiger charge is 2.38. The SMILES string of the molecule is CCCC1(C(=O)N[C@H](C)c2ccncc2)CCNCC1. The second-order valence-electron chi connectivity index (χ2n) is 5.76. The molecule has 2 rings (SSSR count). The zero-order valence-corrected chi connectivity index (χ0v) is 12.5. The van der Waals surface area contributed by atoms with Crippen molar-refractivity contribution in [3.8, 4) is 0 Å². The van der Waals surface area contributed by atoms with Gasteiger partial charge in [0.25, 0.3) is 0 Å². The fourth-order valence-corrected chi connectivity index (χ4v) is 3.06. The molecule has 1 aromatic rings. The van der Waals surface area contributed by atoms with Gasteiger partial charge in [-0.05, 0) is 57.0 Å². The highest BCUT2D eigenvalue weighted by molar-refractivity contribution is 5.83. The molecule has 0 radical (unpaired) electrons. The lowest BCUT2D eigenvalue weighted by atomic mass is 9.74. The standard InChI is InChI=1S/C16H25N3O/c1-3-6-16(7-11-18-12-8-16)15(20)19-13(2)14-4-9-17-10-5-14/h4-5,9-10,13,18H,3,6-8,11-12H2,1-2H3,(H,19,20)/t13-/m1/s1. The van der Waals surface area contributed by atoms with Gasteiger partial charge in [-0.25, -0.2) is 0 Å². The maximum absolute atomic E-state index is 12.7. The van der Waals surface area contributed by atoms with Crippen molar-refractivity contribution in [2.75, 3.05) is 13.1 Å². The van der Waals surface area contributed by atoms with Gasteiger partial charge >= 0.3 is 0 Å². The number of rotatable bonds is 5. The fourth-order valence-electron chi connectivity index (χ4n) is 3.06. The van der Waals surface area contributed by atoms with E-state index in [-0.39, 0.29) is 17.4 Å². The number of piperidine rings is 1. The molecule has 0 unspecified atom stereocenters. The Labute approximate surface area is 121 Å². The van der Waals surface area contributed by atoms with E-state index in [1.54, 1.807) is 12.4 Å². The van der Waals surface area contributed by atoms with Crippen LogP contribution in [0.4, 0.5) is 0 Å². The maximum Gasteiger partial charge on any atom is 0.226 e. The Morgan fingerprint density at radius 2 is 2.05 bits per heavy atom. The van der Waals surface area contributed by atoms with Crippen LogP contribution >= 0.6 is 0 Å². The Morgan fingerprint density at radius 1 is 1.40 bits per heavy atom. The van der Waals surface area contributed by atoms with E-state index < -0.39 is 0 Å². The summed E-state index contributed by atoms with van der Waals surface area (Å²) in [6.45, 7) is 6.07. The van der Waals surface area contributed by atoms with Gasteiger partial charge in [-0.3, -0.25) is 9.78 Å². The number of amides is 1. The largest absolute Gasteiger partial charge is 0.349 e. The summed E-state index contributed by atoms with van der Waals surface area (Å²) in [6, 6.07) is 3.95. The molecule has 2 heterocycles. The number of aromatic nitrogens is 1. The Kier molecular flexibility index (Phi) is 5.12. The monoisotopic (exact) mass is 275 g/mol. The van der Waals surface area contributed by atoms with Gasteiger partial charge in [0.2, 0.25) is 5.91 Å². The first-order chi connectivity index (χ1) is 9.68. The van der Waals surface area contributed by atoms with Crippen LogP contribution in [0.1, 0.15) is 51.1 Å². The summed E-state index contributed by atoms with van der Waals surface area (Å²) >= 11 is 0. The second-order valence-corrected chi connectivity index (χ2v) is 5.76. The van der Waals surface area contributed by atoms with Crippen molar-refractivity contribution in [2.45, 2.75) is 45.6 Å². The first-order valence-corrected chi connectivity index (χ1v) is 7.59. The minimum absolute atomic E-state index is 0.0362. The van der Waals surface area contributed by atoms with Gasteiger partial charge in [0.1, 0.15) is 0 Å². The smallest absolute Gasteiger partial charge is 0.226 e. The van der Waals surface area contributed by atoms with Gasteiger partial charge < -0.3 is 10.6 Å². The molecule has 1 aliphatic heterocycles. The van der Waals surface area contributed by atoms with Crippen LogP contribution in [0.3, 0.4) is 0 Å². The summed E-state index contributed by atoms with van der Waals surface area (Å²) in [6.07, 6.45) is 7.45. The van der Waals surface area contributed by atoms with Gasteiger partial charge in [0.15, 0.2) is 0 Å². The van der Waals surface area contributed by atoms with Crippen LogP contribution in [-0.2, 0) is 4.79 Å². The third-order valence-corrected chi connectivity index (χ3v) is 4.32. The first kappa shape index (κ1) is 15.0. The Bertz CT molecular complexity index is 421. The van der Waals surface area contributed by atoms with E-state index in [1.165, 1.54) is 0 Å². The molecule has 4 nitrogen and oxygen atoms in total. The number of nitrogens with one attached hydrogen (secondary N) is 2. The highest BCUT2D eigenvalue weighted by atomic mass is 16.2. The molecule has 1 amide bonds. The molecule has 1 aliphatic rings. The number of carbonyl (C=O) groups is 1. The van der Waals surface area contributed by atoms with Gasteiger partial charge in [0, 0.05) is 12.4 Å². The van der Waals surface area contributed by atoms with E-state index in [0.717, 1.165) is 44.3 Å². The molecule has 1 aromatic heterocycles. The van der Waals surface area contributed by atoms with Crippen LogP contribution in [0, 0.1) is 5.41 Å². The number of hydrogen-bond donors (Lipinski definition) is 2. The summed E-state index contributed by atoms with van der Waals surface area (Å²) in [5, 5.41) is 6.55. The lowest BCUT2D eigenvalue weighted by Crippen LogP contribution is -2.48. The summed E-state index contributed by atoms with van der Waals surface area (Å²) in [5.41, 5.74) is 0.926. The molecule has 1 fully saturated rings. The molecule has 0 saturated carbocycles. The fraction of sp³-hybridized carbons (Fsp3) is 0.625. The zero-order chi connectivity index (χ0) is 14.4. The summed E-state index contributed by atoms with van der Waals surface area (Å²) in [7, 11) is 0. The molecule has 110 valence electrons. The van der Waals surface area contributed by atoms with E-state index >= 15 is 0 Å². The first-order valence-electron chi connectivity index (χ1n) is 7.59. The van der Waals surface area contributed by atoms with Crippen molar-refractivity contribution in [3.05, 3.63) is 30.1 Å². The topological polar surface area (TPSA) is 54.0 Å². The van der Waals surface area contributed by atoms with E-state index in [4.69, 9.17) is 0 Å². The van der Waals surface area contributed by atoms with Crippen LogP contribution in [0.15, 0.2) is 24.5 Å². The van der Waals surface area contributed by atoms with Crippen molar-refractivity contribution >= 4 is 5.91 Å². The minimum atomic E-state index is -0.179. The third kappa shape index (κ3) is 3.37. The van der Waals surface area contributed by atoms with Gasteiger partial charge in [-0.2, -0.15) is 0 Å². The molecule has 0 bridgehead atoms. The van der Waals surface area contributed by atoms with Crippen LogP contribution in [0.5, 0.6) is 0 Å².